The van der Waals surface area contributed by atoms with Crippen LogP contribution < -0.4 is 9.64 Å². The van der Waals surface area contributed by atoms with E-state index in [0.717, 1.165) is 17.7 Å². The van der Waals surface area contributed by atoms with Crippen molar-refractivity contribution in [1.82, 2.24) is 0 Å². The fraction of sp³-hybridized carbons (Fsp3) is 0.455. The molecule has 3 rings (SSSR count). The van der Waals surface area contributed by atoms with Gasteiger partial charge in [-0.25, -0.2) is 9.29 Å². The number of benzene rings is 1. The van der Waals surface area contributed by atoms with E-state index in [-0.39, 0.29) is 11.8 Å². The van der Waals surface area contributed by atoms with Crippen molar-refractivity contribution in [1.29, 1.82) is 0 Å². The van der Waals surface area contributed by atoms with Crippen molar-refractivity contribution in [3.8, 4) is 17.2 Å². The van der Waals surface area contributed by atoms with Gasteiger partial charge in [0.15, 0.2) is 0 Å². The summed E-state index contributed by atoms with van der Waals surface area (Å²) < 4.78 is 20.8. The van der Waals surface area contributed by atoms with Gasteiger partial charge in [-0.2, -0.15) is 0 Å². The van der Waals surface area contributed by atoms with Gasteiger partial charge in [-0.05, 0) is 45.6 Å². The van der Waals surface area contributed by atoms with Crippen LogP contribution in [0.2, 0.25) is 19.6 Å². The number of nitrogens with zero attached hydrogens (tertiary/aromatic N) is 1. The Kier molecular flexibility index (Phi) is 5.49. The standard InChI is InChI=1S/C22H26FNO3Si/c1-14(2)27-20-13-19(18(23)12-15(20)10-11-28(3,4)5)24-21(25)16-8-6-7-9-17(16)22(24)26/h12-14H,6-9H2,1-5H3. The van der Waals surface area contributed by atoms with Crippen LogP contribution in [0.4, 0.5) is 10.1 Å². The first kappa shape index (κ1) is 20.3. The lowest BCUT2D eigenvalue weighted by Gasteiger charge is -2.19. The van der Waals surface area contributed by atoms with Crippen LogP contribution in [-0.4, -0.2) is 26.0 Å². The van der Waals surface area contributed by atoms with Gasteiger partial charge in [-0.3, -0.25) is 9.59 Å². The van der Waals surface area contributed by atoms with Crippen molar-refractivity contribution in [2.24, 2.45) is 0 Å². The third-order valence-electron chi connectivity index (χ3n) is 4.62. The summed E-state index contributed by atoms with van der Waals surface area (Å²) in [6.07, 6.45) is 2.75. The number of hydrogen-bond donors (Lipinski definition) is 0. The van der Waals surface area contributed by atoms with Crippen molar-refractivity contribution in [3.63, 3.8) is 0 Å². The molecule has 148 valence electrons. The number of halogens is 1. The van der Waals surface area contributed by atoms with Crippen LogP contribution in [0.5, 0.6) is 5.75 Å². The highest BCUT2D eigenvalue weighted by Gasteiger charge is 2.41. The molecule has 6 heteroatoms. The number of ether oxygens (including phenoxy) is 1. The largest absolute Gasteiger partial charge is 0.490 e. The molecule has 0 fully saturated rings. The summed E-state index contributed by atoms with van der Waals surface area (Å²) in [6.45, 7) is 10.0. The van der Waals surface area contributed by atoms with Gasteiger partial charge < -0.3 is 4.74 Å². The molecule has 4 nitrogen and oxygen atoms in total. The third kappa shape index (κ3) is 4.05. The van der Waals surface area contributed by atoms with Gasteiger partial charge in [-0.15, -0.1) is 5.54 Å². The average Bonchev–Trinajstić information content (AvgIpc) is 2.85. The highest BCUT2D eigenvalue weighted by atomic mass is 28.3. The maximum Gasteiger partial charge on any atom is 0.261 e. The molecule has 1 aliphatic heterocycles. The van der Waals surface area contributed by atoms with Gasteiger partial charge in [0.2, 0.25) is 0 Å². The molecule has 1 aromatic carbocycles. The number of rotatable bonds is 3. The van der Waals surface area contributed by atoms with Crippen LogP contribution in [0.1, 0.15) is 45.1 Å². The molecule has 0 saturated carbocycles. The number of amides is 2. The monoisotopic (exact) mass is 399 g/mol. The molecule has 28 heavy (non-hydrogen) atoms. The lowest BCUT2D eigenvalue weighted by Crippen LogP contribution is -2.32. The van der Waals surface area contributed by atoms with Crippen LogP contribution in [0.25, 0.3) is 0 Å². The Morgan fingerprint density at radius 2 is 1.64 bits per heavy atom. The Bertz CT molecular complexity index is 904. The fourth-order valence-electron chi connectivity index (χ4n) is 3.38. The summed E-state index contributed by atoms with van der Waals surface area (Å²) in [5.74, 6) is 1.97. The number of anilines is 1. The van der Waals surface area contributed by atoms with Crippen LogP contribution in [0.3, 0.4) is 0 Å². The van der Waals surface area contributed by atoms with Crippen LogP contribution in [-0.2, 0) is 9.59 Å². The lowest BCUT2D eigenvalue weighted by atomic mass is 9.93. The Morgan fingerprint density at radius 3 is 2.14 bits per heavy atom. The Balaban J connectivity index is 2.06. The second kappa shape index (κ2) is 7.55. The second-order valence-corrected chi connectivity index (χ2v) is 13.3. The minimum absolute atomic E-state index is 0.0568. The normalized spacial score (nSPS) is 17.0. The van der Waals surface area contributed by atoms with E-state index in [9.17, 15) is 14.0 Å². The molecule has 0 unspecified atom stereocenters. The molecule has 1 heterocycles. The highest BCUT2D eigenvalue weighted by molar-refractivity contribution is 6.83. The fourth-order valence-corrected chi connectivity index (χ4v) is 3.89. The summed E-state index contributed by atoms with van der Waals surface area (Å²) in [5.41, 5.74) is 4.66. The summed E-state index contributed by atoms with van der Waals surface area (Å²) in [4.78, 5) is 26.6. The Labute approximate surface area is 166 Å². The summed E-state index contributed by atoms with van der Waals surface area (Å²) in [6, 6.07) is 2.72. The zero-order valence-corrected chi connectivity index (χ0v) is 18.1. The molecule has 0 aromatic heterocycles. The molecule has 0 N–H and O–H groups in total. The van der Waals surface area contributed by atoms with Crippen molar-refractivity contribution in [2.45, 2.75) is 65.3 Å². The Morgan fingerprint density at radius 1 is 1.07 bits per heavy atom. The second-order valence-electron chi connectivity index (χ2n) is 8.58. The smallest absolute Gasteiger partial charge is 0.261 e. The minimum atomic E-state index is -1.67. The predicted molar refractivity (Wildman–Crippen MR) is 110 cm³/mol. The van der Waals surface area contributed by atoms with E-state index in [1.54, 1.807) is 0 Å². The van der Waals surface area contributed by atoms with Crippen molar-refractivity contribution < 1.29 is 18.7 Å². The molecule has 1 aromatic rings. The van der Waals surface area contributed by atoms with E-state index >= 15 is 0 Å². The van der Waals surface area contributed by atoms with Gasteiger partial charge >= 0.3 is 0 Å². The lowest BCUT2D eigenvalue weighted by molar-refractivity contribution is -0.120. The van der Waals surface area contributed by atoms with Gasteiger partial charge in [-0.1, -0.05) is 25.6 Å². The molecule has 0 atom stereocenters. The average molecular weight is 400 g/mol. The summed E-state index contributed by atoms with van der Waals surface area (Å²) in [5, 5.41) is 0. The molecule has 0 spiro atoms. The predicted octanol–water partition coefficient (Wildman–Crippen LogP) is 4.59. The van der Waals surface area contributed by atoms with Gasteiger partial charge in [0.05, 0.1) is 17.4 Å². The molecule has 0 radical (unpaired) electrons. The number of imide groups is 1. The molecular weight excluding hydrogens is 373 g/mol. The van der Waals surface area contributed by atoms with Crippen LogP contribution in [0.15, 0.2) is 23.3 Å². The topological polar surface area (TPSA) is 46.6 Å². The number of carbonyl (C=O) groups excluding carboxylic acids is 2. The Hall–Kier alpha value is -2.39. The maximum absolute atomic E-state index is 15.0. The van der Waals surface area contributed by atoms with E-state index < -0.39 is 25.7 Å². The molecule has 2 aliphatic rings. The quantitative estimate of drug-likeness (QED) is 0.424. The van der Waals surface area contributed by atoms with E-state index in [1.807, 2.05) is 13.8 Å². The highest BCUT2D eigenvalue weighted by Crippen LogP contribution is 2.38. The minimum Gasteiger partial charge on any atom is -0.490 e. The first-order valence-corrected chi connectivity index (χ1v) is 13.2. The molecular formula is C22H26FNO3Si. The molecule has 0 saturated heterocycles. The van der Waals surface area contributed by atoms with Crippen molar-refractivity contribution in [3.05, 3.63) is 34.7 Å². The van der Waals surface area contributed by atoms with Crippen LogP contribution in [0, 0.1) is 17.3 Å². The van der Waals surface area contributed by atoms with E-state index in [1.165, 1.54) is 12.1 Å². The maximum atomic E-state index is 15.0. The van der Waals surface area contributed by atoms with Crippen molar-refractivity contribution in [2.75, 3.05) is 4.90 Å². The van der Waals surface area contributed by atoms with E-state index in [4.69, 9.17) is 4.74 Å². The summed E-state index contributed by atoms with van der Waals surface area (Å²) >= 11 is 0. The molecule has 0 bridgehead atoms. The van der Waals surface area contributed by atoms with Gasteiger partial charge in [0.1, 0.15) is 19.6 Å². The van der Waals surface area contributed by atoms with Gasteiger partial charge in [0, 0.05) is 17.2 Å². The number of hydrogen-bond acceptors (Lipinski definition) is 3. The first-order valence-electron chi connectivity index (χ1n) is 9.72. The number of carbonyl (C=O) groups is 2. The molecule has 2 amide bonds. The zero-order valence-electron chi connectivity index (χ0n) is 17.1. The SMILES string of the molecule is CC(C)Oc1cc(N2C(=O)C3=C(CCCC3)C2=O)c(F)cc1C#C[Si](C)(C)C. The zero-order chi connectivity index (χ0) is 20.6. The van der Waals surface area contributed by atoms with E-state index in [2.05, 4.69) is 31.1 Å². The summed E-state index contributed by atoms with van der Waals surface area (Å²) in [7, 11) is -1.67. The van der Waals surface area contributed by atoms with E-state index in [0.29, 0.717) is 35.3 Å². The van der Waals surface area contributed by atoms with Crippen LogP contribution >= 0.6 is 0 Å². The third-order valence-corrected chi connectivity index (χ3v) is 5.49. The first-order chi connectivity index (χ1) is 13.1. The molecule has 1 aliphatic carbocycles. The van der Waals surface area contributed by atoms with Gasteiger partial charge in [0.25, 0.3) is 11.8 Å². The van der Waals surface area contributed by atoms with Crippen molar-refractivity contribution >= 4 is 25.6 Å².